The summed E-state index contributed by atoms with van der Waals surface area (Å²) in [5.41, 5.74) is 3.34. The van der Waals surface area contributed by atoms with E-state index in [1.54, 1.807) is 11.8 Å². The van der Waals surface area contributed by atoms with Crippen molar-refractivity contribution in [3.8, 4) is 0 Å². The normalized spacial score (nSPS) is 28.6. The lowest BCUT2D eigenvalue weighted by Gasteiger charge is -2.31. The molecule has 0 aliphatic carbocycles. The second kappa shape index (κ2) is 4.67. The summed E-state index contributed by atoms with van der Waals surface area (Å²) in [6, 6.07) is 0. The van der Waals surface area contributed by atoms with Crippen LogP contribution in [0.4, 0.5) is 13.2 Å². The minimum atomic E-state index is -4.30. The molecule has 0 radical (unpaired) electrons. The van der Waals surface area contributed by atoms with Crippen LogP contribution in [0.2, 0.25) is 0 Å². The Morgan fingerprint density at radius 2 is 2.13 bits per heavy atom. The van der Waals surface area contributed by atoms with Crippen molar-refractivity contribution < 1.29 is 17.9 Å². The van der Waals surface area contributed by atoms with Crippen molar-refractivity contribution in [2.75, 3.05) is 32.8 Å². The van der Waals surface area contributed by atoms with Crippen LogP contribution < -0.4 is 5.73 Å². The molecule has 0 bridgehead atoms. The molecule has 0 spiro atoms. The van der Waals surface area contributed by atoms with E-state index in [0.29, 0.717) is 19.6 Å². The number of alkyl halides is 3. The standard InChI is InChI=1S/C9H17F3N2O/c1-2-15-8(9(10,11)12)3-5-14(7-8)6-4-13/h2-7,13H2,1H3. The minimum Gasteiger partial charge on any atom is -0.364 e. The molecule has 3 nitrogen and oxygen atoms in total. The molecule has 0 amide bonds. The van der Waals surface area contributed by atoms with Crippen molar-refractivity contribution in [3.05, 3.63) is 0 Å². The number of likely N-dealkylation sites (tertiary alicyclic amines) is 1. The summed E-state index contributed by atoms with van der Waals surface area (Å²) in [5.74, 6) is 0. The van der Waals surface area contributed by atoms with Gasteiger partial charge in [0.1, 0.15) is 0 Å². The predicted octanol–water partition coefficient (Wildman–Crippen LogP) is 0.988. The van der Waals surface area contributed by atoms with Crippen molar-refractivity contribution in [1.82, 2.24) is 4.90 Å². The Labute approximate surface area is 87.4 Å². The molecule has 1 aliphatic rings. The molecule has 1 heterocycles. The van der Waals surface area contributed by atoms with E-state index in [2.05, 4.69) is 0 Å². The Morgan fingerprint density at radius 1 is 1.47 bits per heavy atom. The van der Waals surface area contributed by atoms with E-state index in [4.69, 9.17) is 10.5 Å². The van der Waals surface area contributed by atoms with Gasteiger partial charge in [-0.1, -0.05) is 0 Å². The Balaban J connectivity index is 2.69. The largest absolute Gasteiger partial charge is 0.418 e. The van der Waals surface area contributed by atoms with E-state index < -0.39 is 11.8 Å². The number of rotatable bonds is 4. The average Bonchev–Trinajstić information content (AvgIpc) is 2.50. The molecule has 1 atom stereocenters. The van der Waals surface area contributed by atoms with Crippen LogP contribution in [-0.2, 0) is 4.74 Å². The van der Waals surface area contributed by atoms with Crippen LogP contribution in [0, 0.1) is 0 Å². The molecule has 0 aromatic carbocycles. The molecular formula is C9H17F3N2O. The summed E-state index contributed by atoms with van der Waals surface area (Å²) in [6.45, 7) is 2.83. The molecule has 6 heteroatoms. The lowest BCUT2D eigenvalue weighted by molar-refractivity contribution is -0.270. The molecule has 90 valence electrons. The number of halogens is 3. The molecule has 0 aromatic rings. The minimum absolute atomic E-state index is 0.00431. The molecule has 1 fully saturated rings. The Morgan fingerprint density at radius 3 is 2.60 bits per heavy atom. The Bertz CT molecular complexity index is 210. The highest BCUT2D eigenvalue weighted by Crippen LogP contribution is 2.40. The van der Waals surface area contributed by atoms with Crippen molar-refractivity contribution in [1.29, 1.82) is 0 Å². The molecule has 2 N–H and O–H groups in total. The van der Waals surface area contributed by atoms with Gasteiger partial charge in [-0.05, 0) is 13.3 Å². The van der Waals surface area contributed by atoms with Gasteiger partial charge in [0.2, 0.25) is 0 Å². The van der Waals surface area contributed by atoms with E-state index >= 15 is 0 Å². The zero-order valence-corrected chi connectivity index (χ0v) is 8.81. The molecule has 1 rings (SSSR count). The third kappa shape index (κ3) is 2.62. The van der Waals surface area contributed by atoms with Crippen molar-refractivity contribution in [2.24, 2.45) is 5.73 Å². The maximum Gasteiger partial charge on any atom is 0.418 e. The van der Waals surface area contributed by atoms with Crippen LogP contribution in [0.25, 0.3) is 0 Å². The highest BCUT2D eigenvalue weighted by atomic mass is 19.4. The summed E-state index contributed by atoms with van der Waals surface area (Å²) >= 11 is 0. The number of nitrogens with two attached hydrogens (primary N) is 1. The summed E-state index contributed by atoms with van der Waals surface area (Å²) in [7, 11) is 0. The summed E-state index contributed by atoms with van der Waals surface area (Å²) in [6.07, 6.45) is -4.29. The predicted molar refractivity (Wildman–Crippen MR) is 50.5 cm³/mol. The van der Waals surface area contributed by atoms with Gasteiger partial charge < -0.3 is 10.5 Å². The molecule has 1 aliphatic heterocycles. The monoisotopic (exact) mass is 226 g/mol. The third-order valence-electron chi connectivity index (χ3n) is 2.69. The van der Waals surface area contributed by atoms with Crippen LogP contribution in [0.1, 0.15) is 13.3 Å². The second-order valence-corrected chi connectivity index (χ2v) is 3.74. The number of nitrogens with zero attached hydrogens (tertiary/aromatic N) is 1. The maximum absolute atomic E-state index is 12.8. The van der Waals surface area contributed by atoms with Gasteiger partial charge in [-0.3, -0.25) is 4.90 Å². The van der Waals surface area contributed by atoms with Gasteiger partial charge in [0, 0.05) is 32.8 Å². The third-order valence-corrected chi connectivity index (χ3v) is 2.69. The number of hydrogen-bond acceptors (Lipinski definition) is 3. The summed E-state index contributed by atoms with van der Waals surface area (Å²) < 4.78 is 43.4. The second-order valence-electron chi connectivity index (χ2n) is 3.74. The Kier molecular flexibility index (Phi) is 3.97. The lowest BCUT2D eigenvalue weighted by atomic mass is 10.0. The van der Waals surface area contributed by atoms with Gasteiger partial charge in [0.25, 0.3) is 0 Å². The van der Waals surface area contributed by atoms with E-state index in [1.165, 1.54) is 0 Å². The lowest BCUT2D eigenvalue weighted by Crippen LogP contribution is -2.50. The molecular weight excluding hydrogens is 209 g/mol. The number of hydrogen-bond donors (Lipinski definition) is 1. The topological polar surface area (TPSA) is 38.5 Å². The van der Waals surface area contributed by atoms with Crippen LogP contribution >= 0.6 is 0 Å². The van der Waals surface area contributed by atoms with Gasteiger partial charge in [0.15, 0.2) is 5.60 Å². The molecule has 1 saturated heterocycles. The fourth-order valence-electron chi connectivity index (χ4n) is 1.94. The fraction of sp³-hybridized carbons (Fsp3) is 1.00. The van der Waals surface area contributed by atoms with Gasteiger partial charge in [-0.25, -0.2) is 0 Å². The van der Waals surface area contributed by atoms with E-state index in [0.717, 1.165) is 0 Å². The molecule has 0 saturated carbocycles. The number of ether oxygens (including phenoxy) is 1. The van der Waals surface area contributed by atoms with Gasteiger partial charge in [-0.2, -0.15) is 13.2 Å². The van der Waals surface area contributed by atoms with Crippen molar-refractivity contribution >= 4 is 0 Å². The summed E-state index contributed by atoms with van der Waals surface area (Å²) in [5, 5.41) is 0. The Hall–Kier alpha value is -0.330. The highest BCUT2D eigenvalue weighted by Gasteiger charge is 2.58. The summed E-state index contributed by atoms with van der Waals surface area (Å²) in [4.78, 5) is 1.70. The zero-order chi connectivity index (χ0) is 11.5. The van der Waals surface area contributed by atoms with Crippen LogP contribution in [-0.4, -0.2) is 49.5 Å². The van der Waals surface area contributed by atoms with E-state index in [-0.39, 0.29) is 19.6 Å². The highest BCUT2D eigenvalue weighted by molar-refractivity contribution is 4.97. The maximum atomic E-state index is 12.8. The van der Waals surface area contributed by atoms with Crippen LogP contribution in [0.5, 0.6) is 0 Å². The van der Waals surface area contributed by atoms with E-state index in [1.807, 2.05) is 0 Å². The molecule has 15 heavy (non-hydrogen) atoms. The van der Waals surface area contributed by atoms with Gasteiger partial charge >= 0.3 is 6.18 Å². The van der Waals surface area contributed by atoms with E-state index in [9.17, 15) is 13.2 Å². The first-order valence-corrected chi connectivity index (χ1v) is 5.08. The fourth-order valence-corrected chi connectivity index (χ4v) is 1.94. The SMILES string of the molecule is CCOC1(C(F)(F)F)CCN(CCN)C1. The average molecular weight is 226 g/mol. The first-order chi connectivity index (χ1) is 6.95. The van der Waals surface area contributed by atoms with Crippen LogP contribution in [0.15, 0.2) is 0 Å². The quantitative estimate of drug-likeness (QED) is 0.777. The van der Waals surface area contributed by atoms with Gasteiger partial charge in [-0.15, -0.1) is 0 Å². The first kappa shape index (κ1) is 12.7. The first-order valence-electron chi connectivity index (χ1n) is 5.08. The zero-order valence-electron chi connectivity index (χ0n) is 8.81. The van der Waals surface area contributed by atoms with Crippen molar-refractivity contribution in [3.63, 3.8) is 0 Å². The molecule has 1 unspecified atom stereocenters. The van der Waals surface area contributed by atoms with Crippen molar-refractivity contribution in [2.45, 2.75) is 25.1 Å². The molecule has 0 aromatic heterocycles. The smallest absolute Gasteiger partial charge is 0.364 e. The van der Waals surface area contributed by atoms with Crippen LogP contribution in [0.3, 0.4) is 0 Å². The van der Waals surface area contributed by atoms with Gasteiger partial charge in [0.05, 0.1) is 0 Å².